The van der Waals surface area contributed by atoms with Crippen LogP contribution >= 0.6 is 0 Å². The van der Waals surface area contributed by atoms with Crippen LogP contribution in [0.1, 0.15) is 25.8 Å². The van der Waals surface area contributed by atoms with E-state index in [0.29, 0.717) is 6.54 Å². The summed E-state index contributed by atoms with van der Waals surface area (Å²) >= 11 is 0. The number of ether oxygens (including phenoxy) is 1. The molecule has 2 atom stereocenters. The first-order valence-corrected chi connectivity index (χ1v) is 6.86. The summed E-state index contributed by atoms with van der Waals surface area (Å²) in [7, 11) is 0. The van der Waals surface area contributed by atoms with Crippen molar-refractivity contribution in [1.29, 1.82) is 0 Å². The topological polar surface area (TPSA) is 47.3 Å². The van der Waals surface area contributed by atoms with Gasteiger partial charge >= 0.3 is 6.61 Å². The molecule has 0 saturated carbocycles. The molecule has 0 saturated heterocycles. The third-order valence-electron chi connectivity index (χ3n) is 3.38. The van der Waals surface area contributed by atoms with Crippen molar-refractivity contribution in [2.75, 3.05) is 6.54 Å². The fourth-order valence-corrected chi connectivity index (χ4v) is 2.06. The molecule has 116 valence electrons. The Morgan fingerprint density at radius 2 is 2.00 bits per heavy atom. The van der Waals surface area contributed by atoms with Crippen LogP contribution in [-0.2, 0) is 6.42 Å². The zero-order valence-electron chi connectivity index (χ0n) is 12.4. The molecule has 0 aliphatic rings. The summed E-state index contributed by atoms with van der Waals surface area (Å²) < 4.78 is 28.4. The summed E-state index contributed by atoms with van der Waals surface area (Å²) in [5, 5.41) is 3.32. The van der Waals surface area contributed by atoms with E-state index in [0.717, 1.165) is 18.4 Å². The quantitative estimate of drug-likeness (QED) is 0.725. The van der Waals surface area contributed by atoms with Gasteiger partial charge in [-0.05, 0) is 44.4 Å². The maximum Gasteiger partial charge on any atom is 0.387 e. The number of hydrogen-bond acceptors (Lipinski definition) is 3. The monoisotopic (exact) mass is 296 g/mol. The highest BCUT2D eigenvalue weighted by Crippen LogP contribution is 2.18. The molecule has 0 fully saturated rings. The largest absolute Gasteiger partial charge is 0.435 e. The second kappa shape index (κ2) is 7.96. The first-order valence-electron chi connectivity index (χ1n) is 6.86. The van der Waals surface area contributed by atoms with E-state index in [-0.39, 0.29) is 17.3 Å². The first-order chi connectivity index (χ1) is 9.88. The van der Waals surface area contributed by atoms with Crippen LogP contribution in [0.25, 0.3) is 0 Å². The number of rotatable bonds is 8. The highest BCUT2D eigenvalue weighted by Gasteiger charge is 2.23. The fourth-order valence-electron chi connectivity index (χ4n) is 2.06. The molecule has 0 aromatic heterocycles. The van der Waals surface area contributed by atoms with Crippen LogP contribution in [0.15, 0.2) is 24.3 Å². The summed E-state index contributed by atoms with van der Waals surface area (Å²) in [6, 6.07) is 6.58. The predicted octanol–water partition coefficient (Wildman–Crippen LogP) is 2.55. The van der Waals surface area contributed by atoms with Crippen LogP contribution in [0.4, 0.5) is 8.78 Å². The van der Waals surface area contributed by atoms with Crippen LogP contribution < -0.4 is 15.8 Å². The fraction of sp³-hybridized carbons (Fsp3) is 0.500. The maximum atomic E-state index is 12.1. The Labute approximate surface area is 124 Å². The van der Waals surface area contributed by atoms with Gasteiger partial charge in [0, 0.05) is 12.1 Å². The van der Waals surface area contributed by atoms with Crippen molar-refractivity contribution in [3.63, 3.8) is 0 Å². The second-order valence-electron chi connectivity index (χ2n) is 5.32. The first kappa shape index (κ1) is 17.4. The SMILES string of the molecule is C#CC(C)NC(C)(CN)CCc1ccc(OC(F)F)cc1. The number of hydrogen-bond donors (Lipinski definition) is 2. The van der Waals surface area contributed by atoms with E-state index in [9.17, 15) is 8.78 Å². The number of benzene rings is 1. The standard InChI is InChI=1S/C16H22F2N2O/c1-4-12(2)20-16(3,11-19)10-9-13-5-7-14(8-6-13)21-15(17)18/h1,5-8,12,15,20H,9-11,19H2,2-3H3. The zero-order chi connectivity index (χ0) is 15.9. The molecule has 0 heterocycles. The molecule has 1 rings (SSSR count). The third kappa shape index (κ3) is 6.11. The summed E-state index contributed by atoms with van der Waals surface area (Å²) in [5.74, 6) is 2.79. The predicted molar refractivity (Wildman–Crippen MR) is 80.3 cm³/mol. The van der Waals surface area contributed by atoms with Gasteiger partial charge in [-0.3, -0.25) is 5.32 Å². The highest BCUT2D eigenvalue weighted by molar-refractivity contribution is 5.27. The Hall–Kier alpha value is -1.64. The molecule has 21 heavy (non-hydrogen) atoms. The number of nitrogens with one attached hydrogen (secondary N) is 1. The van der Waals surface area contributed by atoms with Crippen molar-refractivity contribution in [2.45, 2.75) is 44.9 Å². The van der Waals surface area contributed by atoms with E-state index in [1.54, 1.807) is 24.3 Å². The minimum absolute atomic E-state index is 0.0552. The average Bonchev–Trinajstić information content (AvgIpc) is 2.46. The van der Waals surface area contributed by atoms with Gasteiger partial charge in [0.1, 0.15) is 5.75 Å². The lowest BCUT2D eigenvalue weighted by Gasteiger charge is -2.31. The van der Waals surface area contributed by atoms with E-state index >= 15 is 0 Å². The van der Waals surface area contributed by atoms with Gasteiger partial charge in [-0.1, -0.05) is 18.1 Å². The second-order valence-corrected chi connectivity index (χ2v) is 5.32. The molecule has 1 aromatic carbocycles. The van der Waals surface area contributed by atoms with Crippen LogP contribution in [0, 0.1) is 12.3 Å². The summed E-state index contributed by atoms with van der Waals surface area (Å²) in [6.45, 7) is 1.59. The normalized spacial score (nSPS) is 15.3. The van der Waals surface area contributed by atoms with Crippen LogP contribution in [-0.4, -0.2) is 24.7 Å². The Kier molecular flexibility index (Phi) is 6.60. The molecule has 2 unspecified atom stereocenters. The van der Waals surface area contributed by atoms with E-state index in [2.05, 4.69) is 16.0 Å². The minimum atomic E-state index is -2.80. The molecule has 3 nitrogen and oxygen atoms in total. The lowest BCUT2D eigenvalue weighted by molar-refractivity contribution is -0.0498. The Bertz CT molecular complexity index is 470. The van der Waals surface area contributed by atoms with Gasteiger partial charge in [0.2, 0.25) is 0 Å². The number of terminal acetylenes is 1. The van der Waals surface area contributed by atoms with Gasteiger partial charge < -0.3 is 10.5 Å². The molecule has 0 radical (unpaired) electrons. The lowest BCUT2D eigenvalue weighted by atomic mass is 9.92. The summed E-state index contributed by atoms with van der Waals surface area (Å²) in [4.78, 5) is 0. The van der Waals surface area contributed by atoms with Crippen molar-refractivity contribution in [2.24, 2.45) is 5.73 Å². The third-order valence-corrected chi connectivity index (χ3v) is 3.38. The number of alkyl halides is 2. The summed E-state index contributed by atoms with van der Waals surface area (Å²) in [5.41, 5.74) is 6.59. The van der Waals surface area contributed by atoms with Gasteiger partial charge in [-0.15, -0.1) is 6.42 Å². The van der Waals surface area contributed by atoms with Crippen molar-refractivity contribution < 1.29 is 13.5 Å². The van der Waals surface area contributed by atoms with Crippen molar-refractivity contribution in [3.05, 3.63) is 29.8 Å². The zero-order valence-corrected chi connectivity index (χ0v) is 12.4. The van der Waals surface area contributed by atoms with E-state index in [1.807, 2.05) is 13.8 Å². The van der Waals surface area contributed by atoms with Gasteiger partial charge in [0.25, 0.3) is 0 Å². The Balaban J connectivity index is 2.58. The Morgan fingerprint density at radius 1 is 1.38 bits per heavy atom. The van der Waals surface area contributed by atoms with E-state index < -0.39 is 6.61 Å². The van der Waals surface area contributed by atoms with Crippen LogP contribution in [0.2, 0.25) is 0 Å². The number of nitrogens with two attached hydrogens (primary N) is 1. The lowest BCUT2D eigenvalue weighted by Crippen LogP contribution is -2.52. The molecule has 0 bridgehead atoms. The molecule has 3 N–H and O–H groups in total. The molecule has 0 amide bonds. The molecule has 0 aliphatic carbocycles. The van der Waals surface area contributed by atoms with Crippen LogP contribution in [0.5, 0.6) is 5.75 Å². The molecule has 0 spiro atoms. The van der Waals surface area contributed by atoms with E-state index in [1.165, 1.54) is 0 Å². The molecular formula is C16H22F2N2O. The highest BCUT2D eigenvalue weighted by atomic mass is 19.3. The summed E-state index contributed by atoms with van der Waals surface area (Å²) in [6.07, 6.45) is 6.94. The van der Waals surface area contributed by atoms with Crippen molar-refractivity contribution in [3.8, 4) is 18.1 Å². The molecule has 0 aliphatic heterocycles. The Morgan fingerprint density at radius 3 is 2.48 bits per heavy atom. The average molecular weight is 296 g/mol. The van der Waals surface area contributed by atoms with Crippen molar-refractivity contribution >= 4 is 0 Å². The molecular weight excluding hydrogens is 274 g/mol. The number of aryl methyl sites for hydroxylation is 1. The number of halogens is 2. The van der Waals surface area contributed by atoms with Gasteiger partial charge in [-0.2, -0.15) is 8.78 Å². The van der Waals surface area contributed by atoms with Crippen LogP contribution in [0.3, 0.4) is 0 Å². The minimum Gasteiger partial charge on any atom is -0.435 e. The van der Waals surface area contributed by atoms with Gasteiger partial charge in [-0.25, -0.2) is 0 Å². The van der Waals surface area contributed by atoms with Gasteiger partial charge in [0.05, 0.1) is 6.04 Å². The molecule has 1 aromatic rings. The molecule has 5 heteroatoms. The van der Waals surface area contributed by atoms with E-state index in [4.69, 9.17) is 12.2 Å². The smallest absolute Gasteiger partial charge is 0.387 e. The van der Waals surface area contributed by atoms with Crippen molar-refractivity contribution in [1.82, 2.24) is 5.32 Å². The van der Waals surface area contributed by atoms with Gasteiger partial charge in [0.15, 0.2) is 0 Å². The maximum absolute atomic E-state index is 12.1.